The highest BCUT2D eigenvalue weighted by Crippen LogP contribution is 2.25. The molecule has 1 rings (SSSR count). The smallest absolute Gasteiger partial charge is 0.332 e. The van der Waals surface area contributed by atoms with E-state index in [4.69, 9.17) is 5.73 Å². The van der Waals surface area contributed by atoms with Crippen LogP contribution in [0, 0.1) is 17.0 Å². The fraction of sp³-hybridized carbons (Fsp3) is 0.692. The molecule has 0 radical (unpaired) electrons. The molecule has 3 N–H and O–H groups in total. The number of aryl methyl sites for hydroxylation is 1. The molecule has 0 unspecified atom stereocenters. The fourth-order valence-corrected chi connectivity index (χ4v) is 2.35. The van der Waals surface area contributed by atoms with Gasteiger partial charge in [-0.1, -0.05) is 0 Å². The average molecular weight is 296 g/mol. The number of hydrogen-bond acceptors (Lipinski definition) is 7. The number of nitrogen functional groups attached to an aromatic ring is 1. The molecule has 1 aromatic rings. The van der Waals surface area contributed by atoms with Crippen molar-refractivity contribution in [2.75, 3.05) is 24.1 Å². The molecular formula is C13H24N6O2. The number of nitrogens with zero attached hydrogens (tertiary/aromatic N) is 4. The highest BCUT2D eigenvalue weighted by atomic mass is 16.6. The lowest BCUT2D eigenvalue weighted by molar-refractivity contribution is -0.385. The van der Waals surface area contributed by atoms with E-state index in [0.29, 0.717) is 18.6 Å². The Labute approximate surface area is 124 Å². The Morgan fingerprint density at radius 2 is 1.86 bits per heavy atom. The number of nitrogens with one attached hydrogen (secondary N) is 1. The van der Waals surface area contributed by atoms with Gasteiger partial charge in [0.05, 0.1) is 4.92 Å². The van der Waals surface area contributed by atoms with Crippen molar-refractivity contribution in [3.8, 4) is 0 Å². The van der Waals surface area contributed by atoms with Crippen molar-refractivity contribution in [2.24, 2.45) is 0 Å². The molecule has 0 saturated carbocycles. The third kappa shape index (κ3) is 4.52. The van der Waals surface area contributed by atoms with Crippen LogP contribution >= 0.6 is 0 Å². The van der Waals surface area contributed by atoms with E-state index in [1.165, 1.54) is 0 Å². The Bertz CT molecular complexity index is 496. The second-order valence-electron chi connectivity index (χ2n) is 5.47. The maximum Gasteiger partial charge on any atom is 0.332 e. The number of aromatic nitrogens is 2. The highest BCUT2D eigenvalue weighted by Gasteiger charge is 2.21. The summed E-state index contributed by atoms with van der Waals surface area (Å²) in [5.74, 6) is 0.211. The number of rotatable bonds is 7. The first-order valence-corrected chi connectivity index (χ1v) is 7.02. The van der Waals surface area contributed by atoms with Crippen LogP contribution in [0.25, 0.3) is 0 Å². The van der Waals surface area contributed by atoms with Gasteiger partial charge in [0, 0.05) is 25.2 Å². The quantitative estimate of drug-likeness (QED) is 0.583. The van der Waals surface area contributed by atoms with Crippen LogP contribution in [0.5, 0.6) is 0 Å². The van der Waals surface area contributed by atoms with Gasteiger partial charge in [0.2, 0.25) is 11.8 Å². The summed E-state index contributed by atoms with van der Waals surface area (Å²) in [6, 6.07) is 0.804. The van der Waals surface area contributed by atoms with Crippen molar-refractivity contribution < 1.29 is 4.92 Å². The van der Waals surface area contributed by atoms with Gasteiger partial charge in [-0.2, -0.15) is 4.98 Å². The van der Waals surface area contributed by atoms with Crippen molar-refractivity contribution >= 4 is 17.5 Å². The Kier molecular flexibility index (Phi) is 5.83. The molecule has 8 nitrogen and oxygen atoms in total. The summed E-state index contributed by atoms with van der Waals surface area (Å²) in [6.45, 7) is 11.3. The lowest BCUT2D eigenvalue weighted by Crippen LogP contribution is -2.40. The molecule has 0 atom stereocenters. The Hall–Kier alpha value is -1.96. The van der Waals surface area contributed by atoms with Crippen molar-refractivity contribution in [2.45, 2.75) is 46.7 Å². The zero-order valence-electron chi connectivity index (χ0n) is 13.3. The number of anilines is 2. The summed E-state index contributed by atoms with van der Waals surface area (Å²) in [5.41, 5.74) is 5.70. The van der Waals surface area contributed by atoms with Gasteiger partial charge in [0.25, 0.3) is 0 Å². The van der Waals surface area contributed by atoms with Gasteiger partial charge < -0.3 is 11.1 Å². The van der Waals surface area contributed by atoms with Crippen LogP contribution in [0.4, 0.5) is 17.5 Å². The van der Waals surface area contributed by atoms with Gasteiger partial charge in [-0.05, 0) is 34.6 Å². The molecule has 1 aromatic heterocycles. The molecule has 118 valence electrons. The molecule has 0 aromatic carbocycles. The van der Waals surface area contributed by atoms with Gasteiger partial charge in [-0.25, -0.2) is 4.98 Å². The third-order valence-corrected chi connectivity index (χ3v) is 3.25. The molecule has 1 heterocycles. The molecule has 0 saturated heterocycles. The lowest BCUT2D eigenvalue weighted by Gasteiger charge is -2.30. The minimum absolute atomic E-state index is 0.0326. The third-order valence-electron chi connectivity index (χ3n) is 3.25. The van der Waals surface area contributed by atoms with Crippen LogP contribution in [-0.4, -0.2) is 45.0 Å². The van der Waals surface area contributed by atoms with Crippen LogP contribution in [0.15, 0.2) is 0 Å². The van der Waals surface area contributed by atoms with Crippen LogP contribution in [0.2, 0.25) is 0 Å². The molecule has 0 spiro atoms. The van der Waals surface area contributed by atoms with Crippen LogP contribution in [-0.2, 0) is 0 Å². The summed E-state index contributed by atoms with van der Waals surface area (Å²) < 4.78 is 0. The zero-order valence-corrected chi connectivity index (χ0v) is 13.3. The first-order chi connectivity index (χ1) is 9.73. The van der Waals surface area contributed by atoms with E-state index in [1.54, 1.807) is 6.92 Å². The SMILES string of the molecule is Cc1nc(N)nc(NCCN(C(C)C)C(C)C)c1[N+](=O)[O-]. The van der Waals surface area contributed by atoms with Gasteiger partial charge in [-0.15, -0.1) is 0 Å². The molecule has 0 amide bonds. The number of nitro groups is 1. The molecule has 0 aliphatic rings. The summed E-state index contributed by atoms with van der Waals surface area (Å²) in [5, 5.41) is 14.1. The van der Waals surface area contributed by atoms with Crippen LogP contribution in [0.3, 0.4) is 0 Å². The normalized spacial score (nSPS) is 11.4. The predicted octanol–water partition coefficient (Wildman–Crippen LogP) is 1.81. The molecule has 21 heavy (non-hydrogen) atoms. The second-order valence-corrected chi connectivity index (χ2v) is 5.47. The Morgan fingerprint density at radius 3 is 2.33 bits per heavy atom. The van der Waals surface area contributed by atoms with E-state index >= 15 is 0 Å². The van der Waals surface area contributed by atoms with E-state index in [0.717, 1.165) is 6.54 Å². The minimum Gasteiger partial charge on any atom is -0.368 e. The Morgan fingerprint density at radius 1 is 1.29 bits per heavy atom. The molecule has 0 aliphatic carbocycles. The lowest BCUT2D eigenvalue weighted by atomic mass is 10.2. The summed E-state index contributed by atoms with van der Waals surface area (Å²) in [4.78, 5) is 20.7. The van der Waals surface area contributed by atoms with E-state index in [9.17, 15) is 10.1 Å². The standard InChI is InChI=1S/C13H24N6O2/c1-8(2)18(9(3)4)7-6-15-12-11(19(20)21)10(5)16-13(14)17-12/h8-9H,6-7H2,1-5H3,(H3,14,15,16,17). The molecule has 8 heteroatoms. The second kappa shape index (κ2) is 7.16. The highest BCUT2D eigenvalue weighted by molar-refractivity contribution is 5.60. The van der Waals surface area contributed by atoms with Gasteiger partial charge in [0.1, 0.15) is 5.69 Å². The van der Waals surface area contributed by atoms with Crippen LogP contribution < -0.4 is 11.1 Å². The summed E-state index contributed by atoms with van der Waals surface area (Å²) in [6.07, 6.45) is 0. The molecule has 0 bridgehead atoms. The Balaban J connectivity index is 2.82. The maximum atomic E-state index is 11.1. The van der Waals surface area contributed by atoms with E-state index in [2.05, 4.69) is 47.9 Å². The fourth-order valence-electron chi connectivity index (χ4n) is 2.35. The van der Waals surface area contributed by atoms with Crippen molar-refractivity contribution in [3.63, 3.8) is 0 Å². The first kappa shape index (κ1) is 17.1. The van der Waals surface area contributed by atoms with E-state index in [1.807, 2.05) is 0 Å². The minimum atomic E-state index is -0.486. The number of hydrogen-bond donors (Lipinski definition) is 2. The maximum absolute atomic E-state index is 11.1. The summed E-state index contributed by atoms with van der Waals surface area (Å²) in [7, 11) is 0. The van der Waals surface area contributed by atoms with Gasteiger partial charge in [-0.3, -0.25) is 15.0 Å². The van der Waals surface area contributed by atoms with Crippen molar-refractivity contribution in [1.29, 1.82) is 0 Å². The van der Waals surface area contributed by atoms with Crippen molar-refractivity contribution in [3.05, 3.63) is 15.8 Å². The van der Waals surface area contributed by atoms with E-state index < -0.39 is 4.92 Å². The average Bonchev–Trinajstić information content (AvgIpc) is 2.31. The first-order valence-electron chi connectivity index (χ1n) is 7.02. The van der Waals surface area contributed by atoms with Crippen LogP contribution in [0.1, 0.15) is 33.4 Å². The monoisotopic (exact) mass is 296 g/mol. The van der Waals surface area contributed by atoms with Gasteiger partial charge >= 0.3 is 5.69 Å². The van der Waals surface area contributed by atoms with Crippen molar-refractivity contribution in [1.82, 2.24) is 14.9 Å². The summed E-state index contributed by atoms with van der Waals surface area (Å²) >= 11 is 0. The molecule has 0 aliphatic heterocycles. The topological polar surface area (TPSA) is 110 Å². The van der Waals surface area contributed by atoms with Gasteiger partial charge in [0.15, 0.2) is 0 Å². The molecular weight excluding hydrogens is 272 g/mol. The number of nitrogens with two attached hydrogens (primary N) is 1. The zero-order chi connectivity index (χ0) is 16.2. The van der Waals surface area contributed by atoms with E-state index in [-0.39, 0.29) is 23.1 Å². The predicted molar refractivity (Wildman–Crippen MR) is 83.3 cm³/mol. The largest absolute Gasteiger partial charge is 0.368 e. The molecule has 0 fully saturated rings.